The van der Waals surface area contributed by atoms with E-state index in [1.165, 1.54) is 24.6 Å². The van der Waals surface area contributed by atoms with Gasteiger partial charge in [-0.25, -0.2) is 0 Å². The van der Waals surface area contributed by atoms with E-state index in [4.69, 9.17) is 4.74 Å². The highest BCUT2D eigenvalue weighted by atomic mass is 32.2. The van der Waals surface area contributed by atoms with E-state index in [1.54, 1.807) is 7.11 Å². The van der Waals surface area contributed by atoms with Crippen molar-refractivity contribution in [3.63, 3.8) is 0 Å². The third kappa shape index (κ3) is 4.63. The highest BCUT2D eigenvalue weighted by Gasteiger charge is 2.30. The molecule has 3 rings (SSSR count). The molecule has 0 bridgehead atoms. The summed E-state index contributed by atoms with van der Waals surface area (Å²) in [4.78, 5) is 12.1. The van der Waals surface area contributed by atoms with Gasteiger partial charge in [-0.1, -0.05) is 30.0 Å². The number of ether oxygens (including phenoxy) is 1. The zero-order valence-electron chi connectivity index (χ0n) is 14.3. The number of aromatic nitrogens is 3. The maximum Gasteiger partial charge on any atom is 0.230 e. The first-order valence-corrected chi connectivity index (χ1v) is 9.26. The van der Waals surface area contributed by atoms with E-state index in [0.29, 0.717) is 24.8 Å². The van der Waals surface area contributed by atoms with Crippen molar-refractivity contribution < 1.29 is 9.53 Å². The second-order valence-electron chi connectivity index (χ2n) is 5.93. The number of hydrogen-bond donors (Lipinski definition) is 1. The van der Waals surface area contributed by atoms with Crippen LogP contribution in [-0.4, -0.2) is 33.5 Å². The standard InChI is InChI=1S/C18H22N4O2S/c1-3-10-22-17(14-6-7-14)20-21-18(22)25-12-16(23)19-11-13-4-8-15(24-2)9-5-13/h3-5,8-9,14H,1,6-7,10-12H2,2H3,(H,19,23). The lowest BCUT2D eigenvalue weighted by Gasteiger charge is -2.08. The van der Waals surface area contributed by atoms with Gasteiger partial charge in [0.05, 0.1) is 12.9 Å². The zero-order valence-corrected chi connectivity index (χ0v) is 15.1. The predicted octanol–water partition coefficient (Wildman–Crippen LogP) is 2.76. The molecule has 0 saturated heterocycles. The Labute approximate surface area is 151 Å². The molecule has 132 valence electrons. The number of rotatable bonds is 9. The van der Waals surface area contributed by atoms with Crippen molar-refractivity contribution in [1.82, 2.24) is 20.1 Å². The van der Waals surface area contributed by atoms with Crippen molar-refractivity contribution in [2.24, 2.45) is 0 Å². The molecule has 1 aromatic carbocycles. The summed E-state index contributed by atoms with van der Waals surface area (Å²) in [5, 5.41) is 12.2. The van der Waals surface area contributed by atoms with Crippen LogP contribution in [0.3, 0.4) is 0 Å². The van der Waals surface area contributed by atoms with Crippen LogP contribution in [0.15, 0.2) is 42.1 Å². The molecular weight excluding hydrogens is 336 g/mol. The van der Waals surface area contributed by atoms with Crippen LogP contribution < -0.4 is 10.1 Å². The highest BCUT2D eigenvalue weighted by molar-refractivity contribution is 7.99. The third-order valence-corrected chi connectivity index (χ3v) is 4.95. The maximum atomic E-state index is 12.1. The molecule has 1 aliphatic carbocycles. The summed E-state index contributed by atoms with van der Waals surface area (Å²) in [6, 6.07) is 7.64. The minimum absolute atomic E-state index is 0.0260. The lowest BCUT2D eigenvalue weighted by molar-refractivity contribution is -0.118. The zero-order chi connectivity index (χ0) is 17.6. The van der Waals surface area contributed by atoms with Crippen LogP contribution in [0.4, 0.5) is 0 Å². The van der Waals surface area contributed by atoms with Gasteiger partial charge >= 0.3 is 0 Å². The molecule has 1 saturated carbocycles. The molecule has 6 nitrogen and oxygen atoms in total. The number of nitrogens with one attached hydrogen (secondary N) is 1. The Kier molecular flexibility index (Phi) is 5.75. The van der Waals surface area contributed by atoms with Crippen molar-refractivity contribution in [2.45, 2.75) is 37.0 Å². The first-order valence-electron chi connectivity index (χ1n) is 8.27. The van der Waals surface area contributed by atoms with Crippen LogP contribution in [0.2, 0.25) is 0 Å². The van der Waals surface area contributed by atoms with E-state index in [2.05, 4.69) is 26.7 Å². The van der Waals surface area contributed by atoms with Crippen molar-refractivity contribution in [1.29, 1.82) is 0 Å². The van der Waals surface area contributed by atoms with Gasteiger partial charge < -0.3 is 14.6 Å². The van der Waals surface area contributed by atoms with Gasteiger partial charge in [0.2, 0.25) is 5.91 Å². The van der Waals surface area contributed by atoms with Gasteiger partial charge in [0.15, 0.2) is 5.16 Å². The van der Waals surface area contributed by atoms with E-state index >= 15 is 0 Å². The smallest absolute Gasteiger partial charge is 0.230 e. The molecule has 1 heterocycles. The van der Waals surface area contributed by atoms with Crippen LogP contribution in [0, 0.1) is 0 Å². The summed E-state index contributed by atoms with van der Waals surface area (Å²) in [6.45, 7) is 4.97. The SMILES string of the molecule is C=CCn1c(SCC(=O)NCc2ccc(OC)cc2)nnc1C1CC1. The minimum atomic E-state index is -0.0260. The normalized spacial score (nSPS) is 13.5. The summed E-state index contributed by atoms with van der Waals surface area (Å²) < 4.78 is 7.19. The monoisotopic (exact) mass is 358 g/mol. The van der Waals surface area contributed by atoms with Crippen LogP contribution in [-0.2, 0) is 17.9 Å². The lowest BCUT2D eigenvalue weighted by atomic mass is 10.2. The summed E-state index contributed by atoms with van der Waals surface area (Å²) in [7, 11) is 1.63. The van der Waals surface area contributed by atoms with Gasteiger partial charge in [0, 0.05) is 19.0 Å². The molecule has 1 N–H and O–H groups in total. The second-order valence-corrected chi connectivity index (χ2v) is 6.87. The molecule has 0 radical (unpaired) electrons. The first-order chi connectivity index (χ1) is 12.2. The topological polar surface area (TPSA) is 69.0 Å². The van der Waals surface area contributed by atoms with Gasteiger partial charge in [-0.2, -0.15) is 0 Å². The maximum absolute atomic E-state index is 12.1. The average Bonchev–Trinajstić information content (AvgIpc) is 3.41. The number of amides is 1. The molecule has 2 aromatic rings. The molecule has 25 heavy (non-hydrogen) atoms. The van der Waals surface area contributed by atoms with Gasteiger partial charge in [-0.15, -0.1) is 16.8 Å². The van der Waals surface area contributed by atoms with Crippen molar-refractivity contribution in [3.8, 4) is 5.75 Å². The van der Waals surface area contributed by atoms with Gasteiger partial charge in [0.1, 0.15) is 11.6 Å². The van der Waals surface area contributed by atoms with Gasteiger partial charge in [-0.3, -0.25) is 4.79 Å². The molecule has 0 aliphatic heterocycles. The molecule has 1 aromatic heterocycles. The lowest BCUT2D eigenvalue weighted by Crippen LogP contribution is -2.24. The average molecular weight is 358 g/mol. The fourth-order valence-corrected chi connectivity index (χ4v) is 3.26. The second kappa shape index (κ2) is 8.20. The Hall–Kier alpha value is -2.28. The number of carbonyl (C=O) groups is 1. The van der Waals surface area contributed by atoms with Gasteiger partial charge in [-0.05, 0) is 30.5 Å². The van der Waals surface area contributed by atoms with E-state index in [0.717, 1.165) is 22.3 Å². The largest absolute Gasteiger partial charge is 0.497 e. The van der Waals surface area contributed by atoms with Crippen LogP contribution in [0.5, 0.6) is 5.75 Å². The summed E-state index contributed by atoms with van der Waals surface area (Å²) in [5.74, 6) is 2.63. The third-order valence-electron chi connectivity index (χ3n) is 3.98. The van der Waals surface area contributed by atoms with E-state index < -0.39 is 0 Å². The van der Waals surface area contributed by atoms with Crippen LogP contribution >= 0.6 is 11.8 Å². The number of nitrogens with zero attached hydrogens (tertiary/aromatic N) is 3. The number of allylic oxidation sites excluding steroid dienone is 1. The quantitative estimate of drug-likeness (QED) is 0.551. The molecule has 7 heteroatoms. The number of benzene rings is 1. The summed E-state index contributed by atoms with van der Waals surface area (Å²) in [6.07, 6.45) is 4.17. The van der Waals surface area contributed by atoms with Crippen LogP contribution in [0.1, 0.15) is 30.1 Å². The molecule has 1 amide bonds. The Morgan fingerprint density at radius 2 is 2.16 bits per heavy atom. The molecular formula is C18H22N4O2S. The fourth-order valence-electron chi connectivity index (χ4n) is 2.48. The molecule has 0 unspecified atom stereocenters. The fraction of sp³-hybridized carbons (Fsp3) is 0.389. The molecule has 0 atom stereocenters. The van der Waals surface area contributed by atoms with Crippen molar-refractivity contribution in [3.05, 3.63) is 48.3 Å². The van der Waals surface area contributed by atoms with E-state index in [1.807, 2.05) is 30.3 Å². The van der Waals surface area contributed by atoms with E-state index in [-0.39, 0.29) is 5.91 Å². The number of hydrogen-bond acceptors (Lipinski definition) is 5. The van der Waals surface area contributed by atoms with Gasteiger partial charge in [0.25, 0.3) is 0 Å². The van der Waals surface area contributed by atoms with Crippen molar-refractivity contribution in [2.75, 3.05) is 12.9 Å². The van der Waals surface area contributed by atoms with E-state index in [9.17, 15) is 4.79 Å². The Morgan fingerprint density at radius 3 is 2.80 bits per heavy atom. The Bertz CT molecular complexity index is 738. The predicted molar refractivity (Wildman–Crippen MR) is 97.8 cm³/mol. The molecule has 1 fully saturated rings. The molecule has 0 spiro atoms. The summed E-state index contributed by atoms with van der Waals surface area (Å²) >= 11 is 1.41. The Morgan fingerprint density at radius 1 is 1.40 bits per heavy atom. The number of carbonyl (C=O) groups excluding carboxylic acids is 1. The minimum Gasteiger partial charge on any atom is -0.497 e. The molecule has 1 aliphatic rings. The number of thioether (sulfide) groups is 1. The van der Waals surface area contributed by atoms with Crippen molar-refractivity contribution >= 4 is 17.7 Å². The Balaban J connectivity index is 1.50. The first kappa shape index (κ1) is 17.5. The van der Waals surface area contributed by atoms with Crippen LogP contribution in [0.25, 0.3) is 0 Å². The number of methoxy groups -OCH3 is 1. The highest BCUT2D eigenvalue weighted by Crippen LogP contribution is 2.40. The summed E-state index contributed by atoms with van der Waals surface area (Å²) in [5.41, 5.74) is 1.03.